The number of ether oxygens (including phenoxy) is 1. The van der Waals surface area contributed by atoms with Gasteiger partial charge in [0.2, 0.25) is 0 Å². The molecule has 1 rings (SSSR count). The number of hydrogen-bond acceptors (Lipinski definition) is 5. The number of rotatable bonds is 2. The molecule has 1 aromatic rings. The highest BCUT2D eigenvalue weighted by atomic mass is 16.6. The molecule has 0 saturated carbocycles. The Bertz CT molecular complexity index is 464. The molecule has 0 aliphatic heterocycles. The number of carbonyl (C=O) groups is 1. The molecule has 0 N–H and O–H groups in total. The lowest BCUT2D eigenvalue weighted by molar-refractivity contribution is -0.148. The predicted octanol–water partition coefficient (Wildman–Crippen LogP) is -0.211. The minimum absolute atomic E-state index is 0.431. The van der Waals surface area contributed by atoms with Crippen LogP contribution in [0.5, 0.6) is 0 Å². The van der Waals surface area contributed by atoms with Gasteiger partial charge in [0.05, 0.1) is 0 Å². The van der Waals surface area contributed by atoms with Crippen molar-refractivity contribution >= 4 is 12.2 Å². The minimum atomic E-state index is -0.561. The highest BCUT2D eigenvalue weighted by Crippen LogP contribution is 2.06. The molecule has 0 radical (unpaired) electrons. The Balaban J connectivity index is 2.72. The Morgan fingerprint density at radius 1 is 1.38 bits per heavy atom. The van der Waals surface area contributed by atoms with E-state index in [1.54, 1.807) is 20.8 Å². The molecule has 0 aromatic carbocycles. The smallest absolute Gasteiger partial charge is 0.367 e. The molecule has 1 aromatic heterocycles. The Hall–Kier alpha value is -1.92. The Morgan fingerprint density at radius 2 is 2.00 bits per heavy atom. The van der Waals surface area contributed by atoms with Gasteiger partial charge in [0.15, 0.2) is 0 Å². The first-order valence-electron chi connectivity index (χ1n) is 4.69. The van der Waals surface area contributed by atoms with E-state index in [9.17, 15) is 9.59 Å². The fraction of sp³-hybridized carbons (Fsp3) is 0.556. The van der Waals surface area contributed by atoms with Crippen LogP contribution in [0, 0.1) is 0 Å². The van der Waals surface area contributed by atoms with Crippen LogP contribution in [0.25, 0.3) is 6.20 Å². The summed E-state index contributed by atoms with van der Waals surface area (Å²) in [6.45, 7) is 5.27. The molecule has 0 aliphatic carbocycles. The molecular weight excluding hydrogens is 212 g/mol. The average molecular weight is 226 g/mol. The summed E-state index contributed by atoms with van der Waals surface area (Å²) in [5.74, 6) is -0.537. The molecule has 16 heavy (non-hydrogen) atoms. The Labute approximate surface area is 92.3 Å². The van der Waals surface area contributed by atoms with Crippen LogP contribution in [-0.2, 0) is 16.6 Å². The summed E-state index contributed by atoms with van der Waals surface area (Å²) in [7, 11) is 1.47. The number of nitrogens with zero attached hydrogens (tertiary/aromatic N) is 4. The molecule has 0 saturated heterocycles. The van der Waals surface area contributed by atoms with Crippen LogP contribution < -0.4 is 5.69 Å². The first-order chi connectivity index (χ1) is 7.29. The van der Waals surface area contributed by atoms with Crippen molar-refractivity contribution in [1.82, 2.24) is 19.8 Å². The van der Waals surface area contributed by atoms with Crippen LogP contribution in [0.3, 0.4) is 0 Å². The van der Waals surface area contributed by atoms with E-state index < -0.39 is 17.3 Å². The van der Waals surface area contributed by atoms with Gasteiger partial charge in [0.25, 0.3) is 0 Å². The molecule has 0 atom stereocenters. The number of aromatic nitrogens is 4. The average Bonchev–Trinajstić information content (AvgIpc) is 2.42. The van der Waals surface area contributed by atoms with E-state index in [1.807, 2.05) is 0 Å². The second-order valence-corrected chi connectivity index (χ2v) is 4.18. The molecule has 0 unspecified atom stereocenters. The monoisotopic (exact) mass is 226 g/mol. The van der Waals surface area contributed by atoms with Gasteiger partial charge in [-0.3, -0.25) is 0 Å². The summed E-state index contributed by atoms with van der Waals surface area (Å²) in [6.07, 6.45) is 2.34. The molecule has 7 nitrogen and oxygen atoms in total. The Morgan fingerprint density at radius 3 is 2.44 bits per heavy atom. The SMILES string of the molecule is Cn1nnn(/C=C\C(=O)OC(C)(C)C)c1=O. The molecule has 0 spiro atoms. The highest BCUT2D eigenvalue weighted by molar-refractivity contribution is 5.85. The molecule has 0 aliphatic rings. The largest absolute Gasteiger partial charge is 0.457 e. The highest BCUT2D eigenvalue weighted by Gasteiger charge is 2.14. The maximum absolute atomic E-state index is 11.3. The van der Waals surface area contributed by atoms with Gasteiger partial charge in [-0.25, -0.2) is 9.59 Å². The zero-order chi connectivity index (χ0) is 12.3. The summed E-state index contributed by atoms with van der Waals surface area (Å²) in [4.78, 5) is 22.5. The fourth-order valence-electron chi connectivity index (χ4n) is 0.889. The second-order valence-electron chi connectivity index (χ2n) is 4.18. The van der Waals surface area contributed by atoms with Crippen molar-refractivity contribution in [2.45, 2.75) is 26.4 Å². The number of aryl methyl sites for hydroxylation is 1. The van der Waals surface area contributed by atoms with Gasteiger partial charge in [0.1, 0.15) is 5.60 Å². The third-order valence-corrected chi connectivity index (χ3v) is 1.50. The maximum Gasteiger partial charge on any atom is 0.367 e. The van der Waals surface area contributed by atoms with Gasteiger partial charge in [-0.1, -0.05) is 0 Å². The van der Waals surface area contributed by atoms with E-state index in [0.29, 0.717) is 0 Å². The number of carbonyl (C=O) groups excluding carboxylic acids is 1. The van der Waals surface area contributed by atoms with Gasteiger partial charge in [-0.15, -0.1) is 0 Å². The van der Waals surface area contributed by atoms with Crippen LogP contribution in [0.1, 0.15) is 20.8 Å². The lowest BCUT2D eigenvalue weighted by atomic mass is 10.2. The van der Waals surface area contributed by atoms with Crippen molar-refractivity contribution in [2.75, 3.05) is 0 Å². The van der Waals surface area contributed by atoms with Gasteiger partial charge in [0, 0.05) is 19.3 Å². The summed E-state index contributed by atoms with van der Waals surface area (Å²) >= 11 is 0. The van der Waals surface area contributed by atoms with Gasteiger partial charge < -0.3 is 4.74 Å². The van der Waals surface area contributed by atoms with E-state index in [-0.39, 0.29) is 0 Å². The number of tetrazole rings is 1. The van der Waals surface area contributed by atoms with E-state index in [4.69, 9.17) is 4.74 Å². The number of hydrogen-bond donors (Lipinski definition) is 0. The normalized spacial score (nSPS) is 12.0. The summed E-state index contributed by atoms with van der Waals surface area (Å²) in [5.41, 5.74) is -0.991. The van der Waals surface area contributed by atoms with E-state index >= 15 is 0 Å². The quantitative estimate of drug-likeness (QED) is 0.515. The van der Waals surface area contributed by atoms with Crippen LogP contribution in [-0.4, -0.2) is 31.4 Å². The Kier molecular flexibility index (Phi) is 3.26. The van der Waals surface area contributed by atoms with Crippen molar-refractivity contribution in [3.63, 3.8) is 0 Å². The van der Waals surface area contributed by atoms with Crippen molar-refractivity contribution in [2.24, 2.45) is 7.05 Å². The molecule has 1 heterocycles. The van der Waals surface area contributed by atoms with Crippen LogP contribution in [0.15, 0.2) is 10.9 Å². The summed E-state index contributed by atoms with van der Waals surface area (Å²) < 4.78 is 7.01. The molecule has 7 heteroatoms. The molecule has 0 amide bonds. The standard InChI is InChI=1S/C9H14N4O3/c1-9(2,3)16-7(14)5-6-13-8(15)12(4)10-11-13/h5-6H,1-4H3/b6-5-. The molecule has 0 fully saturated rings. The first-order valence-corrected chi connectivity index (χ1v) is 4.69. The van der Waals surface area contributed by atoms with Crippen molar-refractivity contribution in [1.29, 1.82) is 0 Å². The van der Waals surface area contributed by atoms with Gasteiger partial charge >= 0.3 is 11.7 Å². The van der Waals surface area contributed by atoms with Gasteiger partial charge in [-0.05, 0) is 31.2 Å². The lowest BCUT2D eigenvalue weighted by Gasteiger charge is -2.17. The number of esters is 1. The minimum Gasteiger partial charge on any atom is -0.457 e. The first kappa shape index (κ1) is 12.2. The van der Waals surface area contributed by atoms with Crippen molar-refractivity contribution in [3.8, 4) is 0 Å². The summed E-state index contributed by atoms with van der Waals surface area (Å²) in [6, 6.07) is 0. The van der Waals surface area contributed by atoms with Crippen LogP contribution >= 0.6 is 0 Å². The zero-order valence-electron chi connectivity index (χ0n) is 9.67. The van der Waals surface area contributed by atoms with Crippen LogP contribution in [0.4, 0.5) is 0 Å². The molecule has 88 valence electrons. The zero-order valence-corrected chi connectivity index (χ0v) is 9.67. The van der Waals surface area contributed by atoms with Gasteiger partial charge in [-0.2, -0.15) is 9.36 Å². The second kappa shape index (κ2) is 4.30. The van der Waals surface area contributed by atoms with Crippen molar-refractivity contribution < 1.29 is 9.53 Å². The predicted molar refractivity (Wildman–Crippen MR) is 56.4 cm³/mol. The third kappa shape index (κ3) is 3.34. The fourth-order valence-corrected chi connectivity index (χ4v) is 0.889. The third-order valence-electron chi connectivity index (χ3n) is 1.50. The molecular formula is C9H14N4O3. The topological polar surface area (TPSA) is 79.0 Å². The summed E-state index contributed by atoms with van der Waals surface area (Å²) in [5, 5.41) is 6.99. The van der Waals surface area contributed by atoms with Crippen LogP contribution in [0.2, 0.25) is 0 Å². The van der Waals surface area contributed by atoms with E-state index in [0.717, 1.165) is 15.4 Å². The van der Waals surface area contributed by atoms with Crippen molar-refractivity contribution in [3.05, 3.63) is 16.6 Å². The van der Waals surface area contributed by atoms with E-state index in [1.165, 1.54) is 13.2 Å². The molecule has 0 bridgehead atoms. The lowest BCUT2D eigenvalue weighted by Crippen LogP contribution is -2.23. The van der Waals surface area contributed by atoms with E-state index in [2.05, 4.69) is 10.4 Å². The maximum atomic E-state index is 11.3.